The number of aromatic amines is 1. The molecular weight excluding hydrogens is 333 g/mol. The van der Waals surface area contributed by atoms with Crippen LogP contribution in [0.15, 0.2) is 34.8 Å². The summed E-state index contributed by atoms with van der Waals surface area (Å²) in [5.41, 5.74) is 7.96. The van der Waals surface area contributed by atoms with Crippen LogP contribution in [0.4, 0.5) is 10.1 Å². The quantitative estimate of drug-likeness (QED) is 0.646. The lowest BCUT2D eigenvalue weighted by Gasteiger charge is -2.01. The third kappa shape index (κ3) is 2.09. The van der Waals surface area contributed by atoms with Crippen LogP contribution in [0.3, 0.4) is 0 Å². The minimum absolute atomic E-state index is 0.246. The van der Waals surface area contributed by atoms with Gasteiger partial charge in [-0.25, -0.2) is 9.37 Å². The molecule has 19 heavy (non-hydrogen) atoms. The Kier molecular flexibility index (Phi) is 2.95. The van der Waals surface area contributed by atoms with Gasteiger partial charge in [-0.05, 0) is 24.3 Å². The van der Waals surface area contributed by atoms with Gasteiger partial charge >= 0.3 is 0 Å². The number of anilines is 1. The Balaban J connectivity index is 2.30. The van der Waals surface area contributed by atoms with Crippen LogP contribution in [0.5, 0.6) is 0 Å². The molecule has 0 bridgehead atoms. The lowest BCUT2D eigenvalue weighted by atomic mass is 10.2. The van der Waals surface area contributed by atoms with Gasteiger partial charge in [-0.1, -0.05) is 33.6 Å². The van der Waals surface area contributed by atoms with Crippen molar-refractivity contribution in [2.45, 2.75) is 0 Å². The summed E-state index contributed by atoms with van der Waals surface area (Å²) in [5.74, 6) is -0.0629. The van der Waals surface area contributed by atoms with Gasteiger partial charge in [0, 0.05) is 4.47 Å². The fraction of sp³-hybridized carbons (Fsp3) is 0. The average molecular weight is 341 g/mol. The summed E-state index contributed by atoms with van der Waals surface area (Å²) in [6.45, 7) is 0. The molecule has 96 valence electrons. The molecule has 0 atom stereocenters. The molecule has 0 amide bonds. The molecule has 0 aliphatic rings. The van der Waals surface area contributed by atoms with E-state index in [1.807, 2.05) is 6.07 Å². The highest BCUT2D eigenvalue weighted by atomic mass is 79.9. The number of nitrogen functional groups attached to an aromatic ring is 1. The summed E-state index contributed by atoms with van der Waals surface area (Å²) in [6, 6.07) is 8.09. The maximum absolute atomic E-state index is 13.9. The maximum Gasteiger partial charge on any atom is 0.143 e. The van der Waals surface area contributed by atoms with Gasteiger partial charge in [0.1, 0.15) is 17.2 Å². The summed E-state index contributed by atoms with van der Waals surface area (Å²) in [4.78, 5) is 7.35. The Morgan fingerprint density at radius 3 is 2.84 bits per heavy atom. The number of hydrogen-bond donors (Lipinski definition) is 2. The molecule has 0 unspecified atom stereocenters. The van der Waals surface area contributed by atoms with Crippen LogP contribution in [-0.2, 0) is 0 Å². The minimum Gasteiger partial charge on any atom is -0.397 e. The summed E-state index contributed by atoms with van der Waals surface area (Å²) in [6.07, 6.45) is 0. The first-order chi connectivity index (χ1) is 9.06. The van der Waals surface area contributed by atoms with Crippen molar-refractivity contribution in [1.82, 2.24) is 9.97 Å². The van der Waals surface area contributed by atoms with Crippen LogP contribution >= 0.6 is 27.5 Å². The molecule has 0 saturated carbocycles. The fourth-order valence-corrected chi connectivity index (χ4v) is 2.68. The maximum atomic E-state index is 13.9. The predicted octanol–water partition coefficient (Wildman–Crippen LogP) is 4.37. The third-order valence-electron chi connectivity index (χ3n) is 2.78. The number of nitrogens with zero attached hydrogens (tertiary/aromatic N) is 1. The van der Waals surface area contributed by atoms with Crippen LogP contribution < -0.4 is 5.73 Å². The molecule has 1 aromatic heterocycles. The second kappa shape index (κ2) is 4.51. The first kappa shape index (κ1) is 12.4. The number of H-pyrrole nitrogens is 1. The molecule has 0 radical (unpaired) electrons. The van der Waals surface area contributed by atoms with Crippen LogP contribution in [-0.4, -0.2) is 9.97 Å². The molecule has 0 aliphatic heterocycles. The summed E-state index contributed by atoms with van der Waals surface area (Å²) in [5, 5.41) is 0.302. The molecule has 2 aromatic carbocycles. The van der Waals surface area contributed by atoms with Gasteiger partial charge in [-0.2, -0.15) is 0 Å². The predicted molar refractivity (Wildman–Crippen MR) is 78.6 cm³/mol. The number of hydrogen-bond acceptors (Lipinski definition) is 2. The van der Waals surface area contributed by atoms with E-state index >= 15 is 0 Å². The molecule has 3 N–H and O–H groups in total. The smallest absolute Gasteiger partial charge is 0.143 e. The first-order valence-corrected chi connectivity index (χ1v) is 6.62. The summed E-state index contributed by atoms with van der Waals surface area (Å²) >= 11 is 9.37. The normalized spacial score (nSPS) is 11.1. The molecule has 3 aromatic rings. The SMILES string of the molecule is Nc1cc(Br)cc2[nH]c(-c3c(F)cccc3Cl)nc12. The van der Waals surface area contributed by atoms with Crippen molar-refractivity contribution in [3.8, 4) is 11.4 Å². The van der Waals surface area contributed by atoms with Crippen molar-refractivity contribution in [2.75, 3.05) is 5.73 Å². The zero-order chi connectivity index (χ0) is 13.6. The van der Waals surface area contributed by atoms with Gasteiger partial charge in [-0.3, -0.25) is 0 Å². The number of aromatic nitrogens is 2. The molecule has 0 spiro atoms. The highest BCUT2D eigenvalue weighted by Crippen LogP contribution is 2.32. The van der Waals surface area contributed by atoms with Gasteiger partial charge in [0.25, 0.3) is 0 Å². The fourth-order valence-electron chi connectivity index (χ4n) is 1.95. The van der Waals surface area contributed by atoms with Gasteiger partial charge < -0.3 is 10.7 Å². The Morgan fingerprint density at radius 1 is 1.32 bits per heavy atom. The summed E-state index contributed by atoms with van der Waals surface area (Å²) < 4.78 is 14.7. The monoisotopic (exact) mass is 339 g/mol. The van der Waals surface area contributed by atoms with Crippen molar-refractivity contribution < 1.29 is 4.39 Å². The Hall–Kier alpha value is -1.59. The number of halogens is 3. The Bertz CT molecular complexity index is 765. The van der Waals surface area contributed by atoms with E-state index in [-0.39, 0.29) is 5.56 Å². The van der Waals surface area contributed by atoms with Crippen molar-refractivity contribution in [3.05, 3.63) is 45.6 Å². The third-order valence-corrected chi connectivity index (χ3v) is 3.55. The standard InChI is InChI=1S/C13H8BrClFN3/c14-6-4-9(17)12-10(5-6)18-13(19-12)11-7(15)2-1-3-8(11)16/h1-5H,17H2,(H,18,19). The topological polar surface area (TPSA) is 54.7 Å². The van der Waals surface area contributed by atoms with E-state index in [1.165, 1.54) is 6.07 Å². The zero-order valence-corrected chi connectivity index (χ0v) is 11.9. The number of imidazole rings is 1. The number of nitrogens with two attached hydrogens (primary N) is 1. The molecule has 3 nitrogen and oxygen atoms in total. The van der Waals surface area contributed by atoms with Crippen LogP contribution in [0.1, 0.15) is 0 Å². The van der Waals surface area contributed by atoms with E-state index in [2.05, 4.69) is 25.9 Å². The number of benzene rings is 2. The Labute approximate surface area is 121 Å². The van der Waals surface area contributed by atoms with E-state index in [0.29, 0.717) is 22.1 Å². The molecule has 6 heteroatoms. The van der Waals surface area contributed by atoms with Crippen LogP contribution in [0, 0.1) is 5.82 Å². The van der Waals surface area contributed by atoms with Crippen molar-refractivity contribution in [1.29, 1.82) is 0 Å². The molecular formula is C13H8BrClFN3. The minimum atomic E-state index is -0.427. The molecule has 0 aliphatic carbocycles. The van der Waals surface area contributed by atoms with Crippen molar-refractivity contribution in [2.24, 2.45) is 0 Å². The van der Waals surface area contributed by atoms with Gasteiger partial charge in [0.2, 0.25) is 0 Å². The van der Waals surface area contributed by atoms with Crippen molar-refractivity contribution >= 4 is 44.3 Å². The highest BCUT2D eigenvalue weighted by molar-refractivity contribution is 9.10. The van der Waals surface area contributed by atoms with E-state index in [1.54, 1.807) is 18.2 Å². The van der Waals surface area contributed by atoms with Crippen LogP contribution in [0.25, 0.3) is 22.4 Å². The van der Waals surface area contributed by atoms with Gasteiger partial charge in [0.05, 0.1) is 21.8 Å². The zero-order valence-electron chi connectivity index (χ0n) is 9.55. The van der Waals surface area contributed by atoms with E-state index < -0.39 is 5.82 Å². The molecule has 0 fully saturated rings. The number of rotatable bonds is 1. The van der Waals surface area contributed by atoms with Gasteiger partial charge in [-0.15, -0.1) is 0 Å². The number of fused-ring (bicyclic) bond motifs is 1. The molecule has 3 rings (SSSR count). The Morgan fingerprint density at radius 2 is 2.11 bits per heavy atom. The molecule has 1 heterocycles. The largest absolute Gasteiger partial charge is 0.397 e. The highest BCUT2D eigenvalue weighted by Gasteiger charge is 2.15. The van der Waals surface area contributed by atoms with Crippen LogP contribution in [0.2, 0.25) is 5.02 Å². The lowest BCUT2D eigenvalue weighted by Crippen LogP contribution is -1.88. The van der Waals surface area contributed by atoms with Crippen molar-refractivity contribution in [3.63, 3.8) is 0 Å². The lowest BCUT2D eigenvalue weighted by molar-refractivity contribution is 0.630. The molecule has 0 saturated heterocycles. The average Bonchev–Trinajstić information content (AvgIpc) is 2.72. The summed E-state index contributed by atoms with van der Waals surface area (Å²) in [7, 11) is 0. The first-order valence-electron chi connectivity index (χ1n) is 5.45. The van der Waals surface area contributed by atoms with Gasteiger partial charge in [0.15, 0.2) is 0 Å². The number of nitrogens with one attached hydrogen (secondary N) is 1. The second-order valence-electron chi connectivity index (χ2n) is 4.07. The second-order valence-corrected chi connectivity index (χ2v) is 5.40. The van der Waals surface area contributed by atoms with E-state index in [4.69, 9.17) is 17.3 Å². The van der Waals surface area contributed by atoms with E-state index in [0.717, 1.165) is 9.99 Å². The van der Waals surface area contributed by atoms with E-state index in [9.17, 15) is 4.39 Å².